The van der Waals surface area contributed by atoms with Crippen molar-refractivity contribution in [3.8, 4) is 0 Å². The number of allylic oxidation sites excluding steroid dienone is 1. The standard InChI is InChI=1S/C22H40OSe/c1-5-6-7-8-9-10-11-12-13-14-15-24-22-17-20(18(2)3)16-21(23)19(22)4/h19-20,22H,2,5-17H2,1,3-4H3. The maximum atomic E-state index is 12.2. The number of carbonyl (C=O) groups excluding carboxylic acids is 1. The minimum absolute atomic E-state index is 0.309. The van der Waals surface area contributed by atoms with Gasteiger partial charge in [0.25, 0.3) is 0 Å². The third-order valence-corrected chi connectivity index (χ3v) is 8.82. The topological polar surface area (TPSA) is 17.1 Å². The first kappa shape index (κ1) is 22.0. The van der Waals surface area contributed by atoms with Crippen molar-refractivity contribution in [2.45, 2.75) is 108 Å². The van der Waals surface area contributed by atoms with Gasteiger partial charge in [0.1, 0.15) is 0 Å². The van der Waals surface area contributed by atoms with Crippen LogP contribution in [0.4, 0.5) is 0 Å². The van der Waals surface area contributed by atoms with Crippen molar-refractivity contribution < 1.29 is 4.79 Å². The van der Waals surface area contributed by atoms with Crippen molar-refractivity contribution in [2.24, 2.45) is 11.8 Å². The molecule has 1 aliphatic carbocycles. The Hall–Kier alpha value is -0.0705. The molecule has 140 valence electrons. The number of rotatable bonds is 13. The normalized spacial score (nSPS) is 24.3. The van der Waals surface area contributed by atoms with Crippen molar-refractivity contribution in [1.29, 1.82) is 0 Å². The fourth-order valence-electron chi connectivity index (χ4n) is 3.62. The second kappa shape index (κ2) is 13.2. The minimum atomic E-state index is 0.309. The van der Waals surface area contributed by atoms with E-state index in [9.17, 15) is 4.79 Å². The van der Waals surface area contributed by atoms with E-state index in [-0.39, 0.29) is 0 Å². The van der Waals surface area contributed by atoms with E-state index in [0.29, 0.717) is 37.4 Å². The first-order chi connectivity index (χ1) is 11.6. The molecule has 0 aliphatic heterocycles. The van der Waals surface area contributed by atoms with Gasteiger partial charge in [-0.05, 0) is 0 Å². The molecule has 24 heavy (non-hydrogen) atoms. The summed E-state index contributed by atoms with van der Waals surface area (Å²) >= 11 is 0.642. The molecule has 0 N–H and O–H groups in total. The number of hydrogen-bond donors (Lipinski definition) is 0. The van der Waals surface area contributed by atoms with E-state index in [1.54, 1.807) is 0 Å². The third-order valence-electron chi connectivity index (χ3n) is 5.56. The molecule has 3 unspecified atom stereocenters. The van der Waals surface area contributed by atoms with E-state index in [0.717, 1.165) is 6.42 Å². The van der Waals surface area contributed by atoms with Crippen molar-refractivity contribution >= 4 is 20.7 Å². The van der Waals surface area contributed by atoms with Gasteiger partial charge in [0.15, 0.2) is 0 Å². The molecular formula is C22H40OSe. The zero-order valence-electron chi connectivity index (χ0n) is 16.4. The molecule has 0 radical (unpaired) electrons. The summed E-state index contributed by atoms with van der Waals surface area (Å²) in [5, 5.41) is 1.37. The van der Waals surface area contributed by atoms with Crippen LogP contribution in [0.5, 0.6) is 0 Å². The summed E-state index contributed by atoms with van der Waals surface area (Å²) in [4.78, 5) is 12.9. The number of ketones is 1. The van der Waals surface area contributed by atoms with Crippen molar-refractivity contribution in [3.63, 3.8) is 0 Å². The Bertz CT molecular complexity index is 363. The SMILES string of the molecule is C=C(C)C1CC(=O)C(C)C([Se]CCCCCCCCCCCC)C1. The Labute approximate surface area is 157 Å². The first-order valence-electron chi connectivity index (χ1n) is 10.4. The summed E-state index contributed by atoms with van der Waals surface area (Å²) in [5.41, 5.74) is 1.22. The average molecular weight is 400 g/mol. The zero-order valence-corrected chi connectivity index (χ0v) is 18.2. The number of carbonyl (C=O) groups is 1. The van der Waals surface area contributed by atoms with Gasteiger partial charge in [-0.25, -0.2) is 0 Å². The van der Waals surface area contributed by atoms with E-state index in [1.807, 2.05) is 0 Å². The predicted octanol–water partition coefficient (Wildman–Crippen LogP) is 7.01. The van der Waals surface area contributed by atoms with E-state index < -0.39 is 0 Å². The van der Waals surface area contributed by atoms with Gasteiger partial charge in [-0.2, -0.15) is 0 Å². The number of Topliss-reactive ketones (excluding diaryl/α,β-unsaturated/α-hetero) is 1. The van der Waals surface area contributed by atoms with Crippen molar-refractivity contribution in [3.05, 3.63) is 12.2 Å². The van der Waals surface area contributed by atoms with Gasteiger partial charge in [-0.3, -0.25) is 0 Å². The summed E-state index contributed by atoms with van der Waals surface area (Å²) in [6.45, 7) is 10.6. The first-order valence-corrected chi connectivity index (χ1v) is 12.6. The molecule has 0 aromatic carbocycles. The van der Waals surface area contributed by atoms with Gasteiger partial charge in [0.05, 0.1) is 0 Å². The Morgan fingerprint density at radius 3 is 2.12 bits per heavy atom. The van der Waals surface area contributed by atoms with Gasteiger partial charge < -0.3 is 0 Å². The molecule has 3 atom stereocenters. The average Bonchev–Trinajstić information content (AvgIpc) is 2.55. The predicted molar refractivity (Wildman–Crippen MR) is 108 cm³/mol. The van der Waals surface area contributed by atoms with Crippen LogP contribution >= 0.6 is 0 Å². The van der Waals surface area contributed by atoms with Gasteiger partial charge in [-0.1, -0.05) is 0 Å². The molecule has 1 saturated carbocycles. The number of unbranched alkanes of at least 4 members (excludes halogenated alkanes) is 9. The summed E-state index contributed by atoms with van der Waals surface area (Å²) in [5.74, 6) is 1.27. The summed E-state index contributed by atoms with van der Waals surface area (Å²) in [6.07, 6.45) is 16.1. The van der Waals surface area contributed by atoms with Crippen LogP contribution in [0.1, 0.15) is 97.8 Å². The van der Waals surface area contributed by atoms with Crippen LogP contribution in [-0.2, 0) is 4.79 Å². The summed E-state index contributed by atoms with van der Waals surface area (Å²) in [7, 11) is 0. The van der Waals surface area contributed by atoms with Gasteiger partial charge in [0, 0.05) is 0 Å². The molecular weight excluding hydrogens is 359 g/mol. The van der Waals surface area contributed by atoms with Crippen LogP contribution < -0.4 is 0 Å². The van der Waals surface area contributed by atoms with E-state index in [4.69, 9.17) is 0 Å². The van der Waals surface area contributed by atoms with Crippen molar-refractivity contribution in [1.82, 2.24) is 0 Å². The quantitative estimate of drug-likeness (QED) is 0.185. The fourth-order valence-corrected chi connectivity index (χ4v) is 6.73. The second-order valence-corrected chi connectivity index (χ2v) is 10.7. The van der Waals surface area contributed by atoms with E-state index in [1.165, 1.54) is 81.5 Å². The van der Waals surface area contributed by atoms with Crippen LogP contribution in [0.25, 0.3) is 0 Å². The molecule has 2 heteroatoms. The molecule has 0 amide bonds. The molecule has 0 bridgehead atoms. The third kappa shape index (κ3) is 8.86. The van der Waals surface area contributed by atoms with Gasteiger partial charge in [0.2, 0.25) is 0 Å². The molecule has 1 rings (SSSR count). The number of hydrogen-bond acceptors (Lipinski definition) is 1. The Kier molecular flexibility index (Phi) is 12.1. The molecule has 0 aromatic heterocycles. The van der Waals surface area contributed by atoms with Crippen molar-refractivity contribution in [2.75, 3.05) is 0 Å². The van der Waals surface area contributed by atoms with Crippen LogP contribution in [-0.4, -0.2) is 20.7 Å². The maximum absolute atomic E-state index is 12.2. The molecule has 0 saturated heterocycles. The summed E-state index contributed by atoms with van der Waals surface area (Å²) < 4.78 is 0. The summed E-state index contributed by atoms with van der Waals surface area (Å²) in [6, 6.07) is 0. The second-order valence-electron chi connectivity index (χ2n) is 7.83. The molecule has 1 fully saturated rings. The van der Waals surface area contributed by atoms with Crippen LogP contribution in [0.15, 0.2) is 12.2 Å². The molecule has 1 nitrogen and oxygen atoms in total. The molecule has 0 heterocycles. The Morgan fingerprint density at radius 2 is 1.58 bits per heavy atom. The van der Waals surface area contributed by atoms with Crippen LogP contribution in [0.2, 0.25) is 10.1 Å². The molecule has 1 aliphatic rings. The monoisotopic (exact) mass is 400 g/mol. The van der Waals surface area contributed by atoms with Crippen LogP contribution in [0.3, 0.4) is 0 Å². The molecule has 0 aromatic rings. The van der Waals surface area contributed by atoms with Gasteiger partial charge in [-0.15, -0.1) is 0 Å². The van der Waals surface area contributed by atoms with E-state index >= 15 is 0 Å². The zero-order chi connectivity index (χ0) is 17.8. The van der Waals surface area contributed by atoms with Crippen LogP contribution in [0, 0.1) is 11.8 Å². The Balaban J connectivity index is 2.03. The fraction of sp³-hybridized carbons (Fsp3) is 0.864. The van der Waals surface area contributed by atoms with Gasteiger partial charge >= 0.3 is 157 Å². The Morgan fingerprint density at radius 1 is 1.04 bits per heavy atom. The van der Waals surface area contributed by atoms with E-state index in [2.05, 4.69) is 27.4 Å². The molecule has 0 spiro atoms.